The Hall–Kier alpha value is -4.83. The van der Waals surface area contributed by atoms with Gasteiger partial charge in [0.25, 0.3) is 11.8 Å². The summed E-state index contributed by atoms with van der Waals surface area (Å²) in [6, 6.07) is 8.45. The van der Waals surface area contributed by atoms with Gasteiger partial charge in [-0.2, -0.15) is 0 Å². The second kappa shape index (κ2) is 16.7. The summed E-state index contributed by atoms with van der Waals surface area (Å²) >= 11 is 1.50. The van der Waals surface area contributed by atoms with Crippen molar-refractivity contribution >= 4 is 56.8 Å². The fourth-order valence-corrected chi connectivity index (χ4v) is 5.30. The van der Waals surface area contributed by atoms with Gasteiger partial charge in [0.2, 0.25) is 17.8 Å². The number of guanidine groups is 1. The number of benzene rings is 1. The third kappa shape index (κ3) is 9.60. The lowest BCUT2D eigenvalue weighted by Gasteiger charge is -2.23. The van der Waals surface area contributed by atoms with Gasteiger partial charge in [0.1, 0.15) is 5.69 Å². The van der Waals surface area contributed by atoms with E-state index in [9.17, 15) is 19.2 Å². The third-order valence-electron chi connectivity index (χ3n) is 6.91. The molecule has 0 spiro atoms. The minimum Gasteiger partial charge on any atom is -0.369 e. The van der Waals surface area contributed by atoms with Crippen LogP contribution in [-0.2, 0) is 9.59 Å². The number of thiazole rings is 1. The fraction of sp³-hybridized carbons (Fsp3) is 0.387. The van der Waals surface area contributed by atoms with E-state index in [1.54, 1.807) is 30.6 Å². The van der Waals surface area contributed by atoms with Crippen LogP contribution in [0.15, 0.2) is 47.0 Å². The molecule has 0 unspecified atom stereocenters. The molecule has 4 heterocycles. The summed E-state index contributed by atoms with van der Waals surface area (Å²) in [7, 11) is 3.26. The first-order valence-corrected chi connectivity index (χ1v) is 15.1. The molecule has 2 aromatic heterocycles. The standard InChI is InChI=1S/C17H16N6O2S.C12H20N2O2.C2H2/c1-23(2)16(25)13-5-3-10(8-19-13)15(24)22-17(18)21-11-4-6-12-14(7-11)26-9-20-12;15-11-6-2-1-3-9-14(11)10-12(16)13-7-4-5-8-13;1-2/h3-9H,1-2H3,(H3,18,21,22,24);1-10H2;1-2H. The predicted molar refractivity (Wildman–Crippen MR) is 171 cm³/mol. The number of rotatable bonds is 5. The molecule has 3 aromatic rings. The highest BCUT2D eigenvalue weighted by atomic mass is 32.1. The number of amides is 4. The minimum absolute atomic E-state index is 0.0349. The van der Waals surface area contributed by atoms with E-state index >= 15 is 0 Å². The Morgan fingerprint density at radius 2 is 1.75 bits per heavy atom. The lowest BCUT2D eigenvalue weighted by molar-refractivity contribution is -0.139. The summed E-state index contributed by atoms with van der Waals surface area (Å²) in [5, 5.41) is 2.50. The van der Waals surface area contributed by atoms with E-state index in [1.807, 2.05) is 17.0 Å². The van der Waals surface area contributed by atoms with Crippen LogP contribution in [0.3, 0.4) is 0 Å². The van der Waals surface area contributed by atoms with Crippen LogP contribution in [0.25, 0.3) is 10.2 Å². The van der Waals surface area contributed by atoms with Crippen LogP contribution in [0.5, 0.6) is 0 Å². The summed E-state index contributed by atoms with van der Waals surface area (Å²) in [5.41, 5.74) is 9.59. The van der Waals surface area contributed by atoms with Crippen molar-refractivity contribution in [1.82, 2.24) is 30.0 Å². The molecule has 0 radical (unpaired) electrons. The van der Waals surface area contributed by atoms with Crippen molar-refractivity contribution in [3.05, 3.63) is 53.3 Å². The van der Waals surface area contributed by atoms with Crippen LogP contribution in [-0.4, -0.2) is 94.5 Å². The van der Waals surface area contributed by atoms with Crippen LogP contribution >= 0.6 is 11.3 Å². The molecule has 0 bridgehead atoms. The predicted octanol–water partition coefficient (Wildman–Crippen LogP) is 3.03. The zero-order chi connectivity index (χ0) is 32.1. The number of carbonyl (C=O) groups excluding carboxylic acids is 4. The Labute approximate surface area is 261 Å². The normalized spacial score (nSPS) is 14.9. The highest BCUT2D eigenvalue weighted by Crippen LogP contribution is 2.23. The van der Waals surface area contributed by atoms with Crippen molar-refractivity contribution in [2.45, 2.75) is 38.5 Å². The van der Waals surface area contributed by atoms with Crippen molar-refractivity contribution < 1.29 is 19.2 Å². The highest BCUT2D eigenvalue weighted by Gasteiger charge is 2.24. The SMILES string of the molecule is C#C.CN(C)C(=O)c1ccc(C(=O)NC(N)=Nc2ccc3ncsc3c2)cn1.O=C(CN1CCCCCC1=O)N1CCCC1. The van der Waals surface area contributed by atoms with E-state index in [0.29, 0.717) is 18.7 Å². The first kappa shape index (κ1) is 33.7. The molecule has 13 heteroatoms. The van der Waals surface area contributed by atoms with Crippen LogP contribution in [0, 0.1) is 12.8 Å². The smallest absolute Gasteiger partial charge is 0.271 e. The van der Waals surface area contributed by atoms with Crippen molar-refractivity contribution in [3.8, 4) is 12.8 Å². The monoisotopic (exact) mass is 618 g/mol. The van der Waals surface area contributed by atoms with Gasteiger partial charge in [-0.1, -0.05) is 6.42 Å². The van der Waals surface area contributed by atoms with Crippen molar-refractivity contribution in [2.24, 2.45) is 10.7 Å². The molecular formula is C31H38N8O4S. The first-order chi connectivity index (χ1) is 21.2. The molecule has 4 amide bonds. The van der Waals surface area contributed by atoms with E-state index in [-0.39, 0.29) is 34.9 Å². The third-order valence-corrected chi connectivity index (χ3v) is 7.70. The quantitative estimate of drug-likeness (QED) is 0.253. The van der Waals surface area contributed by atoms with Gasteiger partial charge in [0.05, 0.1) is 33.5 Å². The second-order valence-electron chi connectivity index (χ2n) is 10.3. The number of nitrogens with two attached hydrogens (primary N) is 1. The van der Waals surface area contributed by atoms with E-state index in [2.05, 4.69) is 33.1 Å². The Morgan fingerprint density at radius 3 is 2.43 bits per heavy atom. The lowest BCUT2D eigenvalue weighted by atomic mass is 10.2. The molecule has 12 nitrogen and oxygen atoms in total. The summed E-state index contributed by atoms with van der Waals surface area (Å²) in [6.07, 6.45) is 15.3. The molecule has 3 N–H and O–H groups in total. The van der Waals surface area contributed by atoms with Gasteiger partial charge in [-0.3, -0.25) is 29.5 Å². The van der Waals surface area contributed by atoms with Crippen LogP contribution < -0.4 is 11.1 Å². The number of carbonyl (C=O) groups is 4. The molecule has 5 rings (SSSR count). The molecule has 232 valence electrons. The van der Waals surface area contributed by atoms with Gasteiger partial charge in [0.15, 0.2) is 0 Å². The first-order valence-electron chi connectivity index (χ1n) is 14.3. The Balaban J connectivity index is 0.000000251. The molecule has 2 aliphatic rings. The van der Waals surface area contributed by atoms with E-state index < -0.39 is 5.91 Å². The highest BCUT2D eigenvalue weighted by molar-refractivity contribution is 7.16. The number of aliphatic imine (C=N–C) groups is 1. The van der Waals surface area contributed by atoms with Gasteiger partial charge in [-0.25, -0.2) is 9.98 Å². The second-order valence-corrected chi connectivity index (χ2v) is 11.2. The number of terminal acetylenes is 1. The van der Waals surface area contributed by atoms with Crippen molar-refractivity contribution in [3.63, 3.8) is 0 Å². The average Bonchev–Trinajstić information content (AvgIpc) is 3.70. The molecular weight excluding hydrogens is 580 g/mol. The molecule has 2 aliphatic heterocycles. The molecule has 0 saturated carbocycles. The Kier molecular flexibility index (Phi) is 12.8. The molecule has 2 fully saturated rings. The van der Waals surface area contributed by atoms with Crippen LogP contribution in [0.2, 0.25) is 0 Å². The number of hydrogen-bond donors (Lipinski definition) is 2. The molecule has 1 aromatic carbocycles. The maximum absolute atomic E-state index is 12.2. The molecule has 0 atom stereocenters. The maximum Gasteiger partial charge on any atom is 0.271 e. The average molecular weight is 619 g/mol. The lowest BCUT2D eigenvalue weighted by Crippen LogP contribution is -2.41. The number of fused-ring (bicyclic) bond motifs is 1. The van der Waals surface area contributed by atoms with E-state index in [0.717, 1.165) is 62.0 Å². The number of nitrogens with zero attached hydrogens (tertiary/aromatic N) is 6. The molecule has 44 heavy (non-hydrogen) atoms. The molecule has 0 aliphatic carbocycles. The number of aromatic nitrogens is 2. The summed E-state index contributed by atoms with van der Waals surface area (Å²) in [6.45, 7) is 2.82. The number of hydrogen-bond acceptors (Lipinski definition) is 8. The van der Waals surface area contributed by atoms with E-state index in [4.69, 9.17) is 5.73 Å². The number of pyridine rings is 1. The van der Waals surface area contributed by atoms with Gasteiger partial charge in [-0.15, -0.1) is 24.2 Å². The minimum atomic E-state index is -0.457. The van der Waals surface area contributed by atoms with Crippen LogP contribution in [0.1, 0.15) is 59.4 Å². The summed E-state index contributed by atoms with van der Waals surface area (Å²) < 4.78 is 0.982. The van der Waals surface area contributed by atoms with Crippen LogP contribution in [0.4, 0.5) is 5.69 Å². The summed E-state index contributed by atoms with van der Waals surface area (Å²) in [4.78, 5) is 65.1. The topological polar surface area (TPSA) is 154 Å². The van der Waals surface area contributed by atoms with Crippen molar-refractivity contribution in [1.29, 1.82) is 0 Å². The van der Waals surface area contributed by atoms with Crippen molar-refractivity contribution in [2.75, 3.05) is 40.3 Å². The maximum atomic E-state index is 12.2. The fourth-order valence-electron chi connectivity index (χ4n) is 4.59. The van der Waals surface area contributed by atoms with Gasteiger partial charge >= 0.3 is 0 Å². The zero-order valence-corrected chi connectivity index (χ0v) is 25.9. The number of likely N-dealkylation sites (tertiary alicyclic amines) is 2. The Morgan fingerprint density at radius 1 is 1.02 bits per heavy atom. The largest absolute Gasteiger partial charge is 0.369 e. The zero-order valence-electron chi connectivity index (χ0n) is 25.1. The van der Waals surface area contributed by atoms with Gasteiger partial charge < -0.3 is 20.4 Å². The van der Waals surface area contributed by atoms with Gasteiger partial charge in [0, 0.05) is 46.3 Å². The molecule has 2 saturated heterocycles. The van der Waals surface area contributed by atoms with E-state index in [1.165, 1.54) is 34.6 Å². The Bertz CT molecular complexity index is 1490. The summed E-state index contributed by atoms with van der Waals surface area (Å²) in [5.74, 6) is -0.442. The van der Waals surface area contributed by atoms with Gasteiger partial charge in [-0.05, 0) is 56.0 Å². The number of nitrogens with one attached hydrogen (secondary N) is 1.